The third-order valence-electron chi connectivity index (χ3n) is 5.54. The largest absolute Gasteiger partial charge is 0.456 e. The van der Waals surface area contributed by atoms with E-state index in [4.69, 9.17) is 0 Å². The molecule has 1 aromatic heterocycles. The first kappa shape index (κ1) is 19.2. The first-order valence-electron chi connectivity index (χ1n) is 9.96. The van der Waals surface area contributed by atoms with Gasteiger partial charge in [0, 0.05) is 41.3 Å². The second kappa shape index (κ2) is 7.37. The lowest BCUT2D eigenvalue weighted by atomic mass is 9.84. The Morgan fingerprint density at radius 2 is 1.89 bits per heavy atom. The number of carbonyl (C=O) groups is 2. The van der Waals surface area contributed by atoms with Crippen LogP contribution in [0.15, 0.2) is 29.6 Å². The van der Waals surface area contributed by atoms with Gasteiger partial charge in [0.2, 0.25) is 0 Å². The van der Waals surface area contributed by atoms with Crippen LogP contribution in [-0.2, 0) is 0 Å². The minimum absolute atomic E-state index is 0.0880. The van der Waals surface area contributed by atoms with Crippen molar-refractivity contribution in [2.75, 3.05) is 25.0 Å². The van der Waals surface area contributed by atoms with E-state index < -0.39 is 10.5 Å². The van der Waals surface area contributed by atoms with Crippen molar-refractivity contribution in [2.24, 2.45) is 5.92 Å². The fourth-order valence-corrected chi connectivity index (χ4v) is 5.84. The number of hydrogen-bond acceptors (Lipinski definition) is 3. The van der Waals surface area contributed by atoms with Crippen molar-refractivity contribution in [1.82, 2.24) is 15.5 Å². The Balaban J connectivity index is 1.49. The third-order valence-corrected chi connectivity index (χ3v) is 7.29. The van der Waals surface area contributed by atoms with Gasteiger partial charge in [-0.25, -0.2) is 9.59 Å². The fraction of sp³-hybridized carbons (Fsp3) is 0.524. The Hall–Kier alpha value is -2.12. The van der Waals surface area contributed by atoms with Crippen LogP contribution in [0.5, 0.6) is 0 Å². The Morgan fingerprint density at radius 3 is 2.54 bits per heavy atom. The SMILES string of the molecule is CC(C)(C)NC(=O)Nc1ccc2cc[s+](C(=O)N[C@H]3CN4CCC3CC4)c2c1. The summed E-state index contributed by atoms with van der Waals surface area (Å²) in [6, 6.07) is 7.80. The molecule has 0 radical (unpaired) electrons. The average Bonchev–Trinajstić information content (AvgIpc) is 3.04. The number of fused-ring (bicyclic) bond motifs is 4. The first-order chi connectivity index (χ1) is 13.3. The zero-order chi connectivity index (χ0) is 19.9. The molecule has 0 spiro atoms. The fourth-order valence-electron chi connectivity index (χ4n) is 4.16. The molecule has 5 rings (SSSR count). The molecule has 0 aliphatic carbocycles. The van der Waals surface area contributed by atoms with E-state index in [0.29, 0.717) is 11.6 Å². The molecule has 7 heteroatoms. The molecular weight excluding hydrogens is 372 g/mol. The smallest absolute Gasteiger partial charge is 0.333 e. The van der Waals surface area contributed by atoms with E-state index in [1.54, 1.807) is 0 Å². The molecule has 3 aliphatic heterocycles. The van der Waals surface area contributed by atoms with E-state index >= 15 is 0 Å². The number of urea groups is 1. The van der Waals surface area contributed by atoms with E-state index in [0.717, 1.165) is 29.7 Å². The number of amides is 3. The monoisotopic (exact) mass is 401 g/mol. The van der Waals surface area contributed by atoms with Gasteiger partial charge in [-0.2, -0.15) is 0 Å². The number of anilines is 1. The van der Waals surface area contributed by atoms with Gasteiger partial charge < -0.3 is 20.9 Å². The normalized spacial score (nSPS) is 24.8. The van der Waals surface area contributed by atoms with Crippen molar-refractivity contribution in [3.05, 3.63) is 29.6 Å². The molecule has 3 aliphatic rings. The van der Waals surface area contributed by atoms with Crippen LogP contribution < -0.4 is 16.0 Å². The summed E-state index contributed by atoms with van der Waals surface area (Å²) in [6.07, 6.45) is 2.37. The highest BCUT2D eigenvalue weighted by atomic mass is 32.2. The van der Waals surface area contributed by atoms with Crippen LogP contribution in [0.4, 0.5) is 15.3 Å². The highest BCUT2D eigenvalue weighted by molar-refractivity contribution is 7.54. The number of rotatable bonds is 3. The van der Waals surface area contributed by atoms with Gasteiger partial charge in [-0.05, 0) is 64.8 Å². The quantitative estimate of drug-likeness (QED) is 0.676. The standard InChI is InChI=1S/C21H28N4O2S/c1-21(2,3)24-19(26)22-16-5-4-15-8-11-28(18(15)12-16)20(27)23-17-13-25-9-6-14(17)7-10-25/h4-5,8,11-12,14,17H,6-7,9-10,13H2,1-3H3,(H2-,22,23,24,26,27)/p+1/t17-,28?/m0/s1. The lowest BCUT2D eigenvalue weighted by Gasteiger charge is -2.44. The Labute approximate surface area is 168 Å². The number of nitrogens with zero attached hydrogens (tertiary/aromatic N) is 1. The Morgan fingerprint density at radius 1 is 1.14 bits per heavy atom. The summed E-state index contributed by atoms with van der Waals surface area (Å²) >= 11 is 0. The lowest BCUT2D eigenvalue weighted by Crippen LogP contribution is -2.56. The summed E-state index contributed by atoms with van der Waals surface area (Å²) in [5.41, 5.74) is 0.402. The summed E-state index contributed by atoms with van der Waals surface area (Å²) in [6.45, 7) is 9.12. The molecule has 3 fully saturated rings. The number of nitrogens with one attached hydrogen (secondary N) is 3. The van der Waals surface area contributed by atoms with Crippen LogP contribution in [0.3, 0.4) is 0 Å². The topological polar surface area (TPSA) is 73.5 Å². The summed E-state index contributed by atoms with van der Waals surface area (Å²) in [5.74, 6) is 0.609. The van der Waals surface area contributed by atoms with Crippen LogP contribution in [0.2, 0.25) is 0 Å². The average molecular weight is 402 g/mol. The van der Waals surface area contributed by atoms with E-state index in [9.17, 15) is 9.59 Å². The van der Waals surface area contributed by atoms with Crippen molar-refractivity contribution in [3.8, 4) is 0 Å². The second-order valence-corrected chi connectivity index (χ2v) is 10.7. The Kier molecular flexibility index (Phi) is 5.05. The molecule has 150 valence electrons. The summed E-state index contributed by atoms with van der Waals surface area (Å²) in [4.78, 5) is 27.6. The second-order valence-electron chi connectivity index (χ2n) is 8.90. The van der Waals surface area contributed by atoms with E-state index in [1.165, 1.54) is 12.8 Å². The van der Waals surface area contributed by atoms with Crippen molar-refractivity contribution in [3.63, 3.8) is 0 Å². The molecule has 28 heavy (non-hydrogen) atoms. The maximum absolute atomic E-state index is 13.0. The van der Waals surface area contributed by atoms with Gasteiger partial charge in [-0.1, -0.05) is 0 Å². The molecule has 2 aromatic rings. The lowest BCUT2D eigenvalue weighted by molar-refractivity contribution is 0.0785. The number of benzene rings is 1. The van der Waals surface area contributed by atoms with Crippen LogP contribution in [-0.4, -0.2) is 47.4 Å². The summed E-state index contributed by atoms with van der Waals surface area (Å²) in [7, 11) is -0.616. The number of carbonyl (C=O) groups excluding carboxylic acids is 2. The zero-order valence-electron chi connectivity index (χ0n) is 16.7. The molecule has 0 saturated carbocycles. The molecule has 1 aromatic carbocycles. The molecule has 2 bridgehead atoms. The van der Waals surface area contributed by atoms with Crippen LogP contribution >= 0.6 is 10.5 Å². The summed E-state index contributed by atoms with van der Waals surface area (Å²) in [5, 5.41) is 12.2. The minimum atomic E-state index is -0.616. The molecule has 3 amide bonds. The highest BCUT2D eigenvalue weighted by Gasteiger charge is 2.37. The van der Waals surface area contributed by atoms with Gasteiger partial charge in [-0.15, -0.1) is 0 Å². The van der Waals surface area contributed by atoms with E-state index in [2.05, 4.69) is 20.9 Å². The molecule has 1 unspecified atom stereocenters. The Bertz CT molecular complexity index is 893. The molecular formula is C21H29N4O2S+. The van der Waals surface area contributed by atoms with Crippen molar-refractivity contribution >= 4 is 37.5 Å². The van der Waals surface area contributed by atoms with Gasteiger partial charge in [0.05, 0.1) is 10.5 Å². The molecule has 2 atom stereocenters. The minimum Gasteiger partial charge on any atom is -0.333 e. The van der Waals surface area contributed by atoms with Crippen molar-refractivity contribution in [2.45, 2.75) is 45.2 Å². The van der Waals surface area contributed by atoms with E-state index in [-0.39, 0.29) is 22.9 Å². The van der Waals surface area contributed by atoms with Crippen molar-refractivity contribution < 1.29 is 9.59 Å². The molecule has 6 nitrogen and oxygen atoms in total. The zero-order valence-corrected chi connectivity index (χ0v) is 17.6. The number of hydrogen-bond donors (Lipinski definition) is 3. The summed E-state index contributed by atoms with van der Waals surface area (Å²) < 4.78 is 0.979. The predicted molar refractivity (Wildman–Crippen MR) is 115 cm³/mol. The van der Waals surface area contributed by atoms with Crippen LogP contribution in [0, 0.1) is 5.92 Å². The van der Waals surface area contributed by atoms with Gasteiger partial charge in [-0.3, -0.25) is 0 Å². The third kappa shape index (κ3) is 4.15. The molecule has 3 N–H and O–H groups in total. The predicted octanol–water partition coefficient (Wildman–Crippen LogP) is 4.16. The van der Waals surface area contributed by atoms with Crippen LogP contribution in [0.1, 0.15) is 33.6 Å². The maximum Gasteiger partial charge on any atom is 0.456 e. The van der Waals surface area contributed by atoms with Gasteiger partial charge in [0.15, 0.2) is 4.70 Å². The van der Waals surface area contributed by atoms with Crippen LogP contribution in [0.25, 0.3) is 10.1 Å². The van der Waals surface area contributed by atoms with Gasteiger partial charge in [0.25, 0.3) is 0 Å². The van der Waals surface area contributed by atoms with Gasteiger partial charge >= 0.3 is 11.3 Å². The van der Waals surface area contributed by atoms with E-state index in [1.807, 2.05) is 50.4 Å². The van der Waals surface area contributed by atoms with Crippen molar-refractivity contribution in [1.29, 1.82) is 0 Å². The maximum atomic E-state index is 13.0. The molecule has 3 saturated heterocycles. The van der Waals surface area contributed by atoms with Gasteiger partial charge in [0.1, 0.15) is 5.38 Å². The number of piperidine rings is 3. The molecule has 4 heterocycles. The first-order valence-corrected chi connectivity index (χ1v) is 11.2. The highest BCUT2D eigenvalue weighted by Crippen LogP contribution is 2.35. The number of thiophene rings is 1.